The lowest BCUT2D eigenvalue weighted by Gasteiger charge is -2.39. The summed E-state index contributed by atoms with van der Waals surface area (Å²) in [6, 6.07) is -0.568. The standard InChI is InChI=1S/C15H30BO6P/c1-6-14(5,18)23(19,20)22-15(7-2,8-3)9-11-12(17)10(4)13(16)21-11/h10-13,17-18H,6-9H2,1-5H3,(H,19,20)/t10-,11?,12+,13-,14?/m1/s1. The van der Waals surface area contributed by atoms with Gasteiger partial charge in [-0.05, 0) is 26.2 Å². The molecule has 1 aliphatic rings. The van der Waals surface area contributed by atoms with Gasteiger partial charge < -0.3 is 19.8 Å². The number of ether oxygens (including phenoxy) is 1. The van der Waals surface area contributed by atoms with Crippen molar-refractivity contribution >= 4 is 15.4 Å². The Hall–Kier alpha value is 0.0949. The lowest BCUT2D eigenvalue weighted by Crippen LogP contribution is -2.40. The molecule has 1 heterocycles. The number of rotatable bonds is 8. The van der Waals surface area contributed by atoms with Crippen molar-refractivity contribution in [3.8, 4) is 0 Å². The zero-order valence-electron chi connectivity index (χ0n) is 14.7. The fourth-order valence-corrected chi connectivity index (χ4v) is 4.19. The van der Waals surface area contributed by atoms with Gasteiger partial charge >= 0.3 is 7.60 Å². The van der Waals surface area contributed by atoms with Crippen LogP contribution in [0.4, 0.5) is 0 Å². The predicted molar refractivity (Wildman–Crippen MR) is 89.3 cm³/mol. The lowest BCUT2D eigenvalue weighted by atomic mass is 9.83. The molecule has 3 N–H and O–H groups in total. The normalized spacial score (nSPS) is 34.1. The maximum atomic E-state index is 12.5. The zero-order chi connectivity index (χ0) is 18.1. The Morgan fingerprint density at radius 2 is 1.78 bits per heavy atom. The summed E-state index contributed by atoms with van der Waals surface area (Å²) < 4.78 is 23.7. The van der Waals surface area contributed by atoms with Crippen LogP contribution in [0.3, 0.4) is 0 Å². The topological polar surface area (TPSA) is 96.2 Å². The molecule has 1 rings (SSSR count). The van der Waals surface area contributed by atoms with Crippen molar-refractivity contribution in [2.45, 2.75) is 89.5 Å². The summed E-state index contributed by atoms with van der Waals surface area (Å²) in [6.45, 7) is 8.40. The molecule has 8 heteroatoms. The van der Waals surface area contributed by atoms with Crippen LogP contribution >= 0.6 is 7.60 Å². The highest BCUT2D eigenvalue weighted by atomic mass is 31.2. The van der Waals surface area contributed by atoms with E-state index in [0.29, 0.717) is 12.8 Å². The Balaban J connectivity index is 2.98. The maximum absolute atomic E-state index is 12.5. The molecule has 0 aromatic carbocycles. The number of hydrogen-bond acceptors (Lipinski definition) is 5. The van der Waals surface area contributed by atoms with E-state index in [9.17, 15) is 19.7 Å². The highest BCUT2D eigenvalue weighted by Gasteiger charge is 2.49. The van der Waals surface area contributed by atoms with Gasteiger partial charge in [-0.25, -0.2) is 0 Å². The lowest BCUT2D eigenvalue weighted by molar-refractivity contribution is -0.0529. The summed E-state index contributed by atoms with van der Waals surface area (Å²) >= 11 is 0. The first-order valence-corrected chi connectivity index (χ1v) is 9.88. The number of aliphatic hydroxyl groups is 2. The number of aliphatic hydroxyl groups excluding tert-OH is 1. The molecule has 0 aromatic rings. The quantitative estimate of drug-likeness (QED) is 0.459. The second kappa shape index (κ2) is 7.55. The molecule has 6 nitrogen and oxygen atoms in total. The van der Waals surface area contributed by atoms with Gasteiger partial charge in [0, 0.05) is 18.3 Å². The third-order valence-corrected chi connectivity index (χ3v) is 7.40. The van der Waals surface area contributed by atoms with E-state index in [4.69, 9.17) is 17.1 Å². The average Bonchev–Trinajstić information content (AvgIpc) is 2.73. The van der Waals surface area contributed by atoms with Crippen LogP contribution in [0.2, 0.25) is 0 Å². The van der Waals surface area contributed by atoms with Crippen LogP contribution in [-0.4, -0.2) is 52.1 Å². The van der Waals surface area contributed by atoms with E-state index in [1.807, 2.05) is 13.8 Å². The third kappa shape index (κ3) is 4.39. The molecule has 0 bridgehead atoms. The molecule has 6 atom stereocenters. The van der Waals surface area contributed by atoms with Crippen LogP contribution in [0.25, 0.3) is 0 Å². The molecule has 0 amide bonds. The molecule has 1 saturated heterocycles. The third-order valence-electron chi connectivity index (χ3n) is 5.23. The molecule has 3 unspecified atom stereocenters. The molecule has 1 aliphatic heterocycles. The smallest absolute Gasteiger partial charge is 0.359 e. The van der Waals surface area contributed by atoms with Crippen LogP contribution < -0.4 is 0 Å². The van der Waals surface area contributed by atoms with Crippen molar-refractivity contribution in [2.75, 3.05) is 0 Å². The molecule has 0 aliphatic carbocycles. The van der Waals surface area contributed by atoms with Gasteiger partial charge in [0.05, 0.1) is 17.8 Å². The SMILES string of the molecule is [B][C@@H]1OC(CC(CC)(CC)OP(=O)(O)C(C)(O)CC)[C@@H](O)[C@H]1C. The van der Waals surface area contributed by atoms with Gasteiger partial charge in [0.1, 0.15) is 7.85 Å². The van der Waals surface area contributed by atoms with Crippen LogP contribution in [-0.2, 0) is 13.8 Å². The zero-order valence-corrected chi connectivity index (χ0v) is 15.6. The van der Waals surface area contributed by atoms with Crippen molar-refractivity contribution in [3.63, 3.8) is 0 Å². The average molecular weight is 348 g/mol. The highest BCUT2D eigenvalue weighted by Crippen LogP contribution is 2.59. The molecule has 0 aromatic heterocycles. The number of hydrogen-bond donors (Lipinski definition) is 3. The molecular weight excluding hydrogens is 318 g/mol. The summed E-state index contributed by atoms with van der Waals surface area (Å²) in [4.78, 5) is 10.2. The first-order chi connectivity index (χ1) is 10.4. The van der Waals surface area contributed by atoms with Crippen molar-refractivity contribution in [3.05, 3.63) is 0 Å². The van der Waals surface area contributed by atoms with Gasteiger partial charge in [0.2, 0.25) is 0 Å². The summed E-state index contributed by atoms with van der Waals surface area (Å²) in [5.41, 5.74) is -0.973. The van der Waals surface area contributed by atoms with E-state index < -0.39 is 36.8 Å². The minimum Gasteiger partial charge on any atom is -0.390 e. The van der Waals surface area contributed by atoms with E-state index in [-0.39, 0.29) is 18.8 Å². The highest BCUT2D eigenvalue weighted by molar-refractivity contribution is 7.54. The van der Waals surface area contributed by atoms with Gasteiger partial charge in [-0.2, -0.15) is 0 Å². The first kappa shape index (κ1) is 21.1. The summed E-state index contributed by atoms with van der Waals surface area (Å²) in [6.07, 6.45) is -0.0887. The summed E-state index contributed by atoms with van der Waals surface area (Å²) in [5.74, 6) is -0.217. The molecule has 1 fully saturated rings. The van der Waals surface area contributed by atoms with Crippen molar-refractivity contribution in [1.29, 1.82) is 0 Å². The van der Waals surface area contributed by atoms with E-state index in [1.165, 1.54) is 6.92 Å². The fraction of sp³-hybridized carbons (Fsp3) is 1.00. The summed E-state index contributed by atoms with van der Waals surface area (Å²) in [5, 5.41) is 18.6. The van der Waals surface area contributed by atoms with E-state index in [1.54, 1.807) is 13.8 Å². The van der Waals surface area contributed by atoms with Crippen LogP contribution in [0.15, 0.2) is 0 Å². The van der Waals surface area contributed by atoms with Crippen molar-refractivity contribution in [1.82, 2.24) is 0 Å². The first-order valence-electron chi connectivity index (χ1n) is 8.30. The van der Waals surface area contributed by atoms with E-state index in [0.717, 1.165) is 0 Å². The second-order valence-electron chi connectivity index (χ2n) is 6.77. The molecule has 2 radical (unpaired) electrons. The van der Waals surface area contributed by atoms with Gasteiger partial charge in [-0.3, -0.25) is 9.09 Å². The van der Waals surface area contributed by atoms with Crippen LogP contribution in [0.5, 0.6) is 0 Å². The molecule has 23 heavy (non-hydrogen) atoms. The minimum absolute atomic E-state index is 0.0920. The Morgan fingerprint density at radius 1 is 1.26 bits per heavy atom. The largest absolute Gasteiger partial charge is 0.390 e. The molecule has 0 spiro atoms. The maximum Gasteiger partial charge on any atom is 0.359 e. The Morgan fingerprint density at radius 3 is 2.13 bits per heavy atom. The fourth-order valence-electron chi connectivity index (χ4n) is 2.74. The molecular formula is C15H30BO6P. The van der Waals surface area contributed by atoms with E-state index >= 15 is 0 Å². The Kier molecular flexibility index (Phi) is 6.94. The Labute approximate surface area is 140 Å². The van der Waals surface area contributed by atoms with Gasteiger partial charge in [0.15, 0.2) is 5.34 Å². The van der Waals surface area contributed by atoms with E-state index in [2.05, 4.69) is 0 Å². The predicted octanol–water partition coefficient (Wildman–Crippen LogP) is 2.15. The molecule has 0 saturated carbocycles. The van der Waals surface area contributed by atoms with Crippen molar-refractivity contribution < 1.29 is 28.9 Å². The van der Waals surface area contributed by atoms with Crippen LogP contribution in [0, 0.1) is 5.92 Å². The van der Waals surface area contributed by atoms with Gasteiger partial charge in [-0.1, -0.05) is 27.7 Å². The summed E-state index contributed by atoms with van der Waals surface area (Å²) in [7, 11) is 1.54. The minimum atomic E-state index is -4.27. The van der Waals surface area contributed by atoms with Gasteiger partial charge in [0.25, 0.3) is 0 Å². The monoisotopic (exact) mass is 348 g/mol. The van der Waals surface area contributed by atoms with Gasteiger partial charge in [-0.15, -0.1) is 0 Å². The Bertz CT molecular complexity index is 440. The van der Waals surface area contributed by atoms with Crippen molar-refractivity contribution in [2.24, 2.45) is 5.92 Å². The van der Waals surface area contributed by atoms with Crippen LogP contribution in [0.1, 0.15) is 60.3 Å². The molecule has 134 valence electrons. The second-order valence-corrected chi connectivity index (χ2v) is 8.95.